The highest BCUT2D eigenvalue weighted by Crippen LogP contribution is 2.31. The Morgan fingerprint density at radius 1 is 1.29 bits per heavy atom. The Morgan fingerprint density at radius 2 is 2.05 bits per heavy atom. The second kappa shape index (κ2) is 5.96. The Hall–Kier alpha value is -1.71. The Bertz CT molecular complexity index is 522. The minimum atomic E-state index is 0.239. The number of rotatable bonds is 2. The number of hydrogen-bond donors (Lipinski definition) is 0. The standard InChI is InChI=1S/C17H24N2O2/c1-18(2)15-7-8-16-14(11-15)12-19(9-10-21-16)17(20)13-5-3-4-6-13/h7-8,11,13H,3-6,9-10,12H2,1-2H3. The highest BCUT2D eigenvalue weighted by atomic mass is 16.5. The molecule has 4 heteroatoms. The number of amides is 1. The summed E-state index contributed by atoms with van der Waals surface area (Å²) in [5.74, 6) is 1.48. The van der Waals surface area contributed by atoms with Gasteiger partial charge in [0.2, 0.25) is 5.91 Å². The molecule has 0 aromatic heterocycles. The highest BCUT2D eigenvalue weighted by molar-refractivity contribution is 5.79. The number of hydrogen-bond acceptors (Lipinski definition) is 3. The lowest BCUT2D eigenvalue weighted by Gasteiger charge is -2.23. The molecule has 0 atom stereocenters. The molecule has 0 radical (unpaired) electrons. The Kier molecular flexibility index (Phi) is 4.04. The third kappa shape index (κ3) is 2.99. The summed E-state index contributed by atoms with van der Waals surface area (Å²) in [6.45, 7) is 1.96. The van der Waals surface area contributed by atoms with Crippen molar-refractivity contribution in [3.05, 3.63) is 23.8 Å². The van der Waals surface area contributed by atoms with Crippen molar-refractivity contribution in [2.75, 3.05) is 32.1 Å². The van der Waals surface area contributed by atoms with Gasteiger partial charge in [0.15, 0.2) is 0 Å². The molecule has 4 nitrogen and oxygen atoms in total. The number of ether oxygens (including phenoxy) is 1. The molecule has 1 heterocycles. The van der Waals surface area contributed by atoms with E-state index in [1.807, 2.05) is 25.1 Å². The van der Waals surface area contributed by atoms with Crippen molar-refractivity contribution in [1.82, 2.24) is 4.90 Å². The van der Waals surface area contributed by atoms with E-state index in [1.165, 1.54) is 12.8 Å². The molecule has 0 N–H and O–H groups in total. The second-order valence-corrected chi connectivity index (χ2v) is 6.28. The van der Waals surface area contributed by atoms with E-state index >= 15 is 0 Å². The van der Waals surface area contributed by atoms with Crippen molar-refractivity contribution < 1.29 is 9.53 Å². The molecule has 1 fully saturated rings. The van der Waals surface area contributed by atoms with Crippen LogP contribution in [0.3, 0.4) is 0 Å². The molecule has 2 aliphatic rings. The van der Waals surface area contributed by atoms with Crippen LogP contribution in [0.5, 0.6) is 5.75 Å². The summed E-state index contributed by atoms with van der Waals surface area (Å²) in [5, 5.41) is 0. The second-order valence-electron chi connectivity index (χ2n) is 6.28. The molecule has 0 saturated heterocycles. The van der Waals surface area contributed by atoms with Crippen molar-refractivity contribution in [3.8, 4) is 5.75 Å². The van der Waals surface area contributed by atoms with Crippen LogP contribution in [-0.4, -0.2) is 38.1 Å². The fourth-order valence-electron chi connectivity index (χ4n) is 3.28. The van der Waals surface area contributed by atoms with E-state index in [1.54, 1.807) is 0 Å². The molecular formula is C17H24N2O2. The van der Waals surface area contributed by atoms with Gasteiger partial charge >= 0.3 is 0 Å². The number of anilines is 1. The van der Waals surface area contributed by atoms with Crippen LogP contribution < -0.4 is 9.64 Å². The molecule has 0 unspecified atom stereocenters. The molecule has 1 aromatic rings. The minimum absolute atomic E-state index is 0.239. The molecule has 1 aliphatic heterocycles. The zero-order chi connectivity index (χ0) is 14.8. The lowest BCUT2D eigenvalue weighted by Crippen LogP contribution is -2.36. The highest BCUT2D eigenvalue weighted by Gasteiger charge is 2.29. The largest absolute Gasteiger partial charge is 0.491 e. The molecule has 21 heavy (non-hydrogen) atoms. The van der Waals surface area contributed by atoms with Gasteiger partial charge in [0.05, 0.1) is 6.54 Å². The van der Waals surface area contributed by atoms with Gasteiger partial charge in [0, 0.05) is 37.8 Å². The minimum Gasteiger partial charge on any atom is -0.491 e. The predicted molar refractivity (Wildman–Crippen MR) is 83.6 cm³/mol. The van der Waals surface area contributed by atoms with Crippen molar-refractivity contribution in [1.29, 1.82) is 0 Å². The third-order valence-electron chi connectivity index (χ3n) is 4.56. The summed E-state index contributed by atoms with van der Waals surface area (Å²) >= 11 is 0. The Labute approximate surface area is 126 Å². The SMILES string of the molecule is CN(C)c1ccc2c(c1)CN(C(=O)C1CCCC1)CCO2. The van der Waals surface area contributed by atoms with Crippen LogP contribution in [0, 0.1) is 5.92 Å². The monoisotopic (exact) mass is 288 g/mol. The van der Waals surface area contributed by atoms with Crippen molar-refractivity contribution in [2.45, 2.75) is 32.2 Å². The fraction of sp³-hybridized carbons (Fsp3) is 0.588. The summed E-state index contributed by atoms with van der Waals surface area (Å²) in [6, 6.07) is 6.22. The van der Waals surface area contributed by atoms with Crippen LogP contribution in [-0.2, 0) is 11.3 Å². The van der Waals surface area contributed by atoms with Gasteiger partial charge in [-0.2, -0.15) is 0 Å². The van der Waals surface area contributed by atoms with Crippen LogP contribution in [0.25, 0.3) is 0 Å². The quantitative estimate of drug-likeness (QED) is 0.839. The molecule has 1 saturated carbocycles. The van der Waals surface area contributed by atoms with Crippen LogP contribution in [0.15, 0.2) is 18.2 Å². The average Bonchev–Trinajstić information content (AvgIpc) is 2.92. The third-order valence-corrected chi connectivity index (χ3v) is 4.56. The van der Waals surface area contributed by atoms with E-state index in [0.29, 0.717) is 25.6 Å². The van der Waals surface area contributed by atoms with E-state index in [2.05, 4.69) is 17.0 Å². The van der Waals surface area contributed by atoms with Crippen LogP contribution in [0.1, 0.15) is 31.2 Å². The summed E-state index contributed by atoms with van der Waals surface area (Å²) < 4.78 is 5.81. The summed E-state index contributed by atoms with van der Waals surface area (Å²) in [5.41, 5.74) is 2.26. The lowest BCUT2D eigenvalue weighted by molar-refractivity contribution is -0.136. The van der Waals surface area contributed by atoms with Crippen molar-refractivity contribution in [3.63, 3.8) is 0 Å². The van der Waals surface area contributed by atoms with E-state index < -0.39 is 0 Å². The molecule has 1 amide bonds. The maximum absolute atomic E-state index is 12.6. The van der Waals surface area contributed by atoms with Gasteiger partial charge < -0.3 is 14.5 Å². The molecule has 0 spiro atoms. The smallest absolute Gasteiger partial charge is 0.226 e. The number of carbonyl (C=O) groups is 1. The Morgan fingerprint density at radius 3 is 2.76 bits per heavy atom. The van der Waals surface area contributed by atoms with Gasteiger partial charge in [-0.15, -0.1) is 0 Å². The zero-order valence-corrected chi connectivity index (χ0v) is 13.0. The van der Waals surface area contributed by atoms with E-state index in [0.717, 1.165) is 29.8 Å². The van der Waals surface area contributed by atoms with Crippen molar-refractivity contribution >= 4 is 11.6 Å². The topological polar surface area (TPSA) is 32.8 Å². The molecule has 3 rings (SSSR count). The maximum Gasteiger partial charge on any atom is 0.226 e. The van der Waals surface area contributed by atoms with Gasteiger partial charge in [0.1, 0.15) is 12.4 Å². The number of nitrogens with zero attached hydrogens (tertiary/aromatic N) is 2. The van der Waals surface area contributed by atoms with Gasteiger partial charge in [-0.05, 0) is 31.0 Å². The first-order chi connectivity index (χ1) is 10.1. The number of benzene rings is 1. The number of fused-ring (bicyclic) bond motifs is 1. The lowest BCUT2D eigenvalue weighted by atomic mass is 10.1. The van der Waals surface area contributed by atoms with E-state index in [4.69, 9.17) is 4.74 Å². The van der Waals surface area contributed by atoms with E-state index in [9.17, 15) is 4.79 Å². The van der Waals surface area contributed by atoms with Crippen LogP contribution in [0.2, 0.25) is 0 Å². The van der Waals surface area contributed by atoms with Gasteiger partial charge in [0.25, 0.3) is 0 Å². The fourth-order valence-corrected chi connectivity index (χ4v) is 3.28. The first-order valence-electron chi connectivity index (χ1n) is 7.87. The summed E-state index contributed by atoms with van der Waals surface area (Å²) in [7, 11) is 4.06. The first-order valence-corrected chi connectivity index (χ1v) is 7.87. The van der Waals surface area contributed by atoms with Gasteiger partial charge in [-0.1, -0.05) is 12.8 Å². The molecule has 0 bridgehead atoms. The number of carbonyl (C=O) groups excluding carboxylic acids is 1. The molecule has 1 aromatic carbocycles. The van der Waals surface area contributed by atoms with Gasteiger partial charge in [-0.3, -0.25) is 4.79 Å². The zero-order valence-electron chi connectivity index (χ0n) is 13.0. The first kappa shape index (κ1) is 14.2. The maximum atomic E-state index is 12.6. The van der Waals surface area contributed by atoms with Crippen LogP contribution >= 0.6 is 0 Å². The summed E-state index contributed by atoms with van der Waals surface area (Å²) in [4.78, 5) is 16.7. The Balaban J connectivity index is 1.80. The van der Waals surface area contributed by atoms with Crippen molar-refractivity contribution in [2.24, 2.45) is 5.92 Å². The van der Waals surface area contributed by atoms with E-state index in [-0.39, 0.29) is 5.92 Å². The predicted octanol–water partition coefficient (Wildman–Crippen LogP) is 2.66. The normalized spacial score (nSPS) is 18.9. The molecule has 1 aliphatic carbocycles. The molecular weight excluding hydrogens is 264 g/mol. The van der Waals surface area contributed by atoms with Gasteiger partial charge in [-0.25, -0.2) is 0 Å². The molecule has 114 valence electrons. The summed E-state index contributed by atoms with van der Waals surface area (Å²) in [6.07, 6.45) is 4.51. The van der Waals surface area contributed by atoms with Crippen LogP contribution in [0.4, 0.5) is 5.69 Å². The average molecular weight is 288 g/mol.